The molecule has 1 aromatic heterocycles. The second-order valence-corrected chi connectivity index (χ2v) is 3.04. The second kappa shape index (κ2) is 5.39. The summed E-state index contributed by atoms with van der Waals surface area (Å²) in [5.74, 6) is -0.00398. The monoisotopic (exact) mass is 197 g/mol. The van der Waals surface area contributed by atoms with Crippen LogP contribution in [0.2, 0.25) is 0 Å². The molecule has 0 spiro atoms. The van der Waals surface area contributed by atoms with Crippen molar-refractivity contribution in [3.63, 3.8) is 0 Å². The number of nitrogens with one attached hydrogen (secondary N) is 1. The lowest BCUT2D eigenvalue weighted by molar-refractivity contribution is -0.122. The molecule has 0 saturated heterocycles. The SMILES string of the molecule is COCCC(=O)NCc1cnn(C)c1. The first-order chi connectivity index (χ1) is 6.72. The van der Waals surface area contributed by atoms with Crippen molar-refractivity contribution >= 4 is 5.91 Å². The molecule has 1 rings (SSSR count). The first-order valence-corrected chi connectivity index (χ1v) is 4.45. The predicted octanol–water partition coefficient (Wildman–Crippen LogP) is 0.0728. The summed E-state index contributed by atoms with van der Waals surface area (Å²) in [7, 11) is 3.42. The molecule has 0 aliphatic heterocycles. The molecule has 1 N–H and O–H groups in total. The number of hydrogen-bond donors (Lipinski definition) is 1. The third kappa shape index (κ3) is 3.57. The molecule has 14 heavy (non-hydrogen) atoms. The van der Waals surface area contributed by atoms with E-state index in [1.54, 1.807) is 18.0 Å². The lowest BCUT2D eigenvalue weighted by Crippen LogP contribution is -2.23. The number of ether oxygens (including phenoxy) is 1. The fourth-order valence-electron chi connectivity index (χ4n) is 1.05. The van der Waals surface area contributed by atoms with Crippen LogP contribution in [0.15, 0.2) is 12.4 Å². The standard InChI is InChI=1S/C9H15N3O2/c1-12-7-8(6-11-12)5-10-9(13)3-4-14-2/h6-7H,3-5H2,1-2H3,(H,10,13). The van der Waals surface area contributed by atoms with Crippen LogP contribution in [-0.4, -0.2) is 29.4 Å². The summed E-state index contributed by atoms with van der Waals surface area (Å²) >= 11 is 0. The van der Waals surface area contributed by atoms with Gasteiger partial charge in [0.05, 0.1) is 12.8 Å². The van der Waals surface area contributed by atoms with Gasteiger partial charge in [0.25, 0.3) is 0 Å². The third-order valence-electron chi connectivity index (χ3n) is 1.78. The van der Waals surface area contributed by atoms with Gasteiger partial charge in [-0.1, -0.05) is 0 Å². The van der Waals surface area contributed by atoms with E-state index in [0.29, 0.717) is 19.6 Å². The first-order valence-electron chi connectivity index (χ1n) is 4.45. The van der Waals surface area contributed by atoms with Gasteiger partial charge in [0.15, 0.2) is 0 Å². The minimum absolute atomic E-state index is 0.00398. The number of hydrogen-bond acceptors (Lipinski definition) is 3. The highest BCUT2D eigenvalue weighted by Gasteiger charge is 2.01. The molecule has 1 heterocycles. The minimum atomic E-state index is -0.00398. The highest BCUT2D eigenvalue weighted by atomic mass is 16.5. The molecule has 0 aliphatic rings. The summed E-state index contributed by atoms with van der Waals surface area (Å²) in [6, 6.07) is 0. The summed E-state index contributed by atoms with van der Waals surface area (Å²) in [4.78, 5) is 11.2. The fraction of sp³-hybridized carbons (Fsp3) is 0.556. The van der Waals surface area contributed by atoms with E-state index in [1.807, 2.05) is 13.2 Å². The molecule has 0 aromatic carbocycles. The Morgan fingerprint density at radius 2 is 2.50 bits per heavy atom. The molecule has 1 amide bonds. The van der Waals surface area contributed by atoms with Crippen LogP contribution >= 0.6 is 0 Å². The molecule has 0 bridgehead atoms. The number of nitrogens with zero attached hydrogens (tertiary/aromatic N) is 2. The summed E-state index contributed by atoms with van der Waals surface area (Å²) in [5.41, 5.74) is 0.998. The van der Waals surface area contributed by atoms with Gasteiger partial charge in [0, 0.05) is 38.9 Å². The van der Waals surface area contributed by atoms with Gasteiger partial charge < -0.3 is 10.1 Å². The Labute approximate surface area is 83.1 Å². The molecule has 0 fully saturated rings. The molecule has 0 atom stereocenters. The minimum Gasteiger partial charge on any atom is -0.384 e. The fourth-order valence-corrected chi connectivity index (χ4v) is 1.05. The highest BCUT2D eigenvalue weighted by Crippen LogP contribution is 1.95. The molecule has 0 aliphatic carbocycles. The van der Waals surface area contributed by atoms with Crippen molar-refractivity contribution in [3.8, 4) is 0 Å². The van der Waals surface area contributed by atoms with Gasteiger partial charge in [0.1, 0.15) is 0 Å². The molecule has 0 saturated carbocycles. The van der Waals surface area contributed by atoms with Crippen LogP contribution in [0.4, 0.5) is 0 Å². The van der Waals surface area contributed by atoms with Gasteiger partial charge in [-0.05, 0) is 0 Å². The van der Waals surface area contributed by atoms with Crippen LogP contribution in [0.1, 0.15) is 12.0 Å². The zero-order valence-electron chi connectivity index (χ0n) is 8.49. The molecule has 1 aromatic rings. The molecule has 5 heteroatoms. The van der Waals surface area contributed by atoms with Crippen molar-refractivity contribution < 1.29 is 9.53 Å². The normalized spacial score (nSPS) is 10.1. The van der Waals surface area contributed by atoms with Crippen LogP contribution in [0.25, 0.3) is 0 Å². The largest absolute Gasteiger partial charge is 0.384 e. The Bertz CT molecular complexity index is 296. The van der Waals surface area contributed by atoms with E-state index in [-0.39, 0.29) is 5.91 Å². The number of carbonyl (C=O) groups is 1. The van der Waals surface area contributed by atoms with E-state index < -0.39 is 0 Å². The van der Waals surface area contributed by atoms with Crippen molar-refractivity contribution in [2.45, 2.75) is 13.0 Å². The molecule has 0 radical (unpaired) electrons. The maximum absolute atomic E-state index is 11.2. The van der Waals surface area contributed by atoms with Crippen LogP contribution in [-0.2, 0) is 23.1 Å². The Kier molecular flexibility index (Phi) is 4.12. The number of aryl methyl sites for hydroxylation is 1. The average Bonchev–Trinajstić information content (AvgIpc) is 2.58. The quantitative estimate of drug-likeness (QED) is 0.727. The average molecular weight is 197 g/mol. The Morgan fingerprint density at radius 3 is 3.07 bits per heavy atom. The summed E-state index contributed by atoms with van der Waals surface area (Å²) < 4.78 is 6.50. The molecule has 0 unspecified atom stereocenters. The first kappa shape index (κ1) is 10.7. The highest BCUT2D eigenvalue weighted by molar-refractivity contribution is 5.75. The van der Waals surface area contributed by atoms with Gasteiger partial charge in [0.2, 0.25) is 5.91 Å². The van der Waals surface area contributed by atoms with E-state index in [2.05, 4.69) is 10.4 Å². The Hall–Kier alpha value is -1.36. The van der Waals surface area contributed by atoms with Gasteiger partial charge >= 0.3 is 0 Å². The number of amides is 1. The molecular weight excluding hydrogens is 182 g/mol. The van der Waals surface area contributed by atoms with Gasteiger partial charge in [-0.2, -0.15) is 5.10 Å². The number of rotatable bonds is 5. The molecule has 78 valence electrons. The number of carbonyl (C=O) groups excluding carboxylic acids is 1. The Balaban J connectivity index is 2.23. The van der Waals surface area contributed by atoms with Crippen molar-refractivity contribution in [2.24, 2.45) is 7.05 Å². The van der Waals surface area contributed by atoms with E-state index in [9.17, 15) is 4.79 Å². The van der Waals surface area contributed by atoms with E-state index in [1.165, 1.54) is 0 Å². The second-order valence-electron chi connectivity index (χ2n) is 3.04. The predicted molar refractivity (Wildman–Crippen MR) is 51.5 cm³/mol. The van der Waals surface area contributed by atoms with Crippen molar-refractivity contribution in [1.29, 1.82) is 0 Å². The van der Waals surface area contributed by atoms with E-state index in [4.69, 9.17) is 4.74 Å². The van der Waals surface area contributed by atoms with Gasteiger partial charge in [-0.15, -0.1) is 0 Å². The lowest BCUT2D eigenvalue weighted by Gasteiger charge is -2.02. The van der Waals surface area contributed by atoms with E-state index in [0.717, 1.165) is 5.56 Å². The van der Waals surface area contributed by atoms with Crippen LogP contribution in [0.3, 0.4) is 0 Å². The zero-order chi connectivity index (χ0) is 10.4. The van der Waals surface area contributed by atoms with Crippen molar-refractivity contribution in [2.75, 3.05) is 13.7 Å². The van der Waals surface area contributed by atoms with Crippen LogP contribution in [0, 0.1) is 0 Å². The summed E-state index contributed by atoms with van der Waals surface area (Å²) in [6.07, 6.45) is 4.00. The molecular formula is C9H15N3O2. The summed E-state index contributed by atoms with van der Waals surface area (Å²) in [5, 5.41) is 6.77. The van der Waals surface area contributed by atoms with Crippen molar-refractivity contribution in [3.05, 3.63) is 18.0 Å². The summed E-state index contributed by atoms with van der Waals surface area (Å²) in [6.45, 7) is 0.981. The van der Waals surface area contributed by atoms with Crippen molar-refractivity contribution in [1.82, 2.24) is 15.1 Å². The number of methoxy groups -OCH3 is 1. The third-order valence-corrected chi connectivity index (χ3v) is 1.78. The van der Waals surface area contributed by atoms with Gasteiger partial charge in [-0.25, -0.2) is 0 Å². The molecule has 5 nitrogen and oxygen atoms in total. The maximum Gasteiger partial charge on any atom is 0.222 e. The Morgan fingerprint density at radius 1 is 1.71 bits per heavy atom. The zero-order valence-corrected chi connectivity index (χ0v) is 8.49. The number of aromatic nitrogens is 2. The smallest absolute Gasteiger partial charge is 0.222 e. The topological polar surface area (TPSA) is 56.1 Å². The lowest BCUT2D eigenvalue weighted by atomic mass is 10.3. The van der Waals surface area contributed by atoms with Gasteiger partial charge in [-0.3, -0.25) is 9.48 Å². The van der Waals surface area contributed by atoms with E-state index >= 15 is 0 Å². The van der Waals surface area contributed by atoms with Crippen LogP contribution < -0.4 is 5.32 Å². The van der Waals surface area contributed by atoms with Crippen LogP contribution in [0.5, 0.6) is 0 Å². The maximum atomic E-state index is 11.2.